The molecule has 0 saturated carbocycles. The number of rotatable bonds is 3. The van der Waals surface area contributed by atoms with Crippen LogP contribution in [-0.2, 0) is 4.74 Å². The number of ether oxygens (including phenoxy) is 1. The minimum absolute atomic E-state index is 0.131. The minimum atomic E-state index is -0.472. The Hall–Kier alpha value is -2.31. The summed E-state index contributed by atoms with van der Waals surface area (Å²) in [7, 11) is 1.98. The third-order valence-corrected chi connectivity index (χ3v) is 4.10. The lowest BCUT2D eigenvalue weighted by atomic mass is 10.2. The number of H-pyrrole nitrogens is 1. The first-order valence-corrected chi connectivity index (χ1v) is 8.35. The van der Waals surface area contributed by atoms with E-state index in [2.05, 4.69) is 15.0 Å². The van der Waals surface area contributed by atoms with Crippen LogP contribution in [0.25, 0.3) is 11.2 Å². The Balaban J connectivity index is 1.68. The maximum absolute atomic E-state index is 12.4. The maximum atomic E-state index is 12.4. The summed E-state index contributed by atoms with van der Waals surface area (Å²) in [5.41, 5.74) is 1.14. The highest BCUT2D eigenvalue weighted by Crippen LogP contribution is 2.23. The number of fused-ring (bicyclic) bond motifs is 1. The molecule has 1 amide bonds. The predicted molar refractivity (Wildman–Crippen MR) is 93.1 cm³/mol. The van der Waals surface area contributed by atoms with Gasteiger partial charge in [-0.1, -0.05) is 0 Å². The van der Waals surface area contributed by atoms with Crippen molar-refractivity contribution in [3.8, 4) is 0 Å². The number of aromatic amines is 1. The second-order valence-electron chi connectivity index (χ2n) is 7.29. The van der Waals surface area contributed by atoms with Crippen LogP contribution in [0.5, 0.6) is 0 Å². The van der Waals surface area contributed by atoms with E-state index in [1.54, 1.807) is 6.20 Å². The lowest BCUT2D eigenvalue weighted by Crippen LogP contribution is -2.44. The quantitative estimate of drug-likeness (QED) is 0.936. The number of carbonyl (C=O) groups excluding carboxylic acids is 1. The molecule has 1 aliphatic rings. The molecule has 0 aliphatic carbocycles. The van der Waals surface area contributed by atoms with Gasteiger partial charge in [-0.3, -0.25) is 0 Å². The molecule has 24 heavy (non-hydrogen) atoms. The summed E-state index contributed by atoms with van der Waals surface area (Å²) in [6.45, 7) is 7.13. The molecule has 1 saturated heterocycles. The van der Waals surface area contributed by atoms with Crippen molar-refractivity contribution in [3.63, 3.8) is 0 Å². The number of aromatic nitrogens is 3. The van der Waals surface area contributed by atoms with Crippen LogP contribution in [0.15, 0.2) is 18.3 Å². The van der Waals surface area contributed by atoms with E-state index in [1.807, 2.05) is 49.8 Å². The fraction of sp³-hybridized carbons (Fsp3) is 0.588. The van der Waals surface area contributed by atoms with Gasteiger partial charge in [0.15, 0.2) is 5.65 Å². The molecule has 2 aromatic rings. The molecule has 7 nitrogen and oxygen atoms in total. The Morgan fingerprint density at radius 3 is 3.00 bits per heavy atom. The zero-order chi connectivity index (χ0) is 17.3. The number of pyridine rings is 1. The Morgan fingerprint density at radius 2 is 2.29 bits per heavy atom. The van der Waals surface area contributed by atoms with E-state index in [0.29, 0.717) is 12.2 Å². The number of anilines is 1. The second-order valence-corrected chi connectivity index (χ2v) is 7.29. The topological polar surface area (TPSA) is 74.3 Å². The van der Waals surface area contributed by atoms with Crippen LogP contribution in [0, 0.1) is 0 Å². The second kappa shape index (κ2) is 6.30. The smallest absolute Gasteiger partial charge is 0.410 e. The Kier molecular flexibility index (Phi) is 4.34. The first kappa shape index (κ1) is 16.5. The van der Waals surface area contributed by atoms with Crippen LogP contribution < -0.4 is 4.90 Å². The number of likely N-dealkylation sites (tertiary alicyclic amines) is 1. The molecule has 0 aromatic carbocycles. The van der Waals surface area contributed by atoms with Crippen molar-refractivity contribution in [3.05, 3.63) is 18.3 Å². The molecule has 1 unspecified atom stereocenters. The van der Waals surface area contributed by atoms with Gasteiger partial charge in [-0.05, 0) is 45.7 Å². The van der Waals surface area contributed by atoms with E-state index in [1.165, 1.54) is 0 Å². The Labute approximate surface area is 142 Å². The number of amides is 1. The van der Waals surface area contributed by atoms with Crippen molar-refractivity contribution in [2.24, 2.45) is 0 Å². The van der Waals surface area contributed by atoms with Crippen molar-refractivity contribution in [2.75, 3.05) is 25.0 Å². The van der Waals surface area contributed by atoms with Gasteiger partial charge in [0.1, 0.15) is 5.60 Å². The number of likely N-dealkylation sites (N-methyl/N-ethyl adjacent to an activating group) is 1. The molecule has 7 heteroatoms. The third kappa shape index (κ3) is 3.60. The zero-order valence-electron chi connectivity index (χ0n) is 14.7. The molecule has 1 N–H and O–H groups in total. The van der Waals surface area contributed by atoms with Gasteiger partial charge in [-0.15, -0.1) is 0 Å². The fourth-order valence-corrected chi connectivity index (χ4v) is 3.00. The molecular weight excluding hydrogens is 306 g/mol. The highest BCUT2D eigenvalue weighted by molar-refractivity contribution is 5.73. The monoisotopic (exact) mass is 331 g/mol. The largest absolute Gasteiger partial charge is 0.444 e. The standard InChI is InChI=1S/C17H25N5O2/c1-17(2,3)24-16(23)22-10-6-7-12(22)11-21(4)15-19-13-8-5-9-18-14(13)20-15/h5,8-9,12H,6-7,10-11H2,1-4H3,(H,18,19,20). The summed E-state index contributed by atoms with van der Waals surface area (Å²) in [6.07, 6.45) is 3.47. The van der Waals surface area contributed by atoms with Crippen molar-refractivity contribution < 1.29 is 9.53 Å². The number of carbonyl (C=O) groups is 1. The van der Waals surface area contributed by atoms with Crippen LogP contribution in [0.1, 0.15) is 33.6 Å². The van der Waals surface area contributed by atoms with Crippen LogP contribution in [0.3, 0.4) is 0 Å². The Bertz CT molecular complexity index is 688. The number of imidazole rings is 1. The molecule has 0 bridgehead atoms. The minimum Gasteiger partial charge on any atom is -0.444 e. The van der Waals surface area contributed by atoms with Gasteiger partial charge in [-0.25, -0.2) is 9.78 Å². The van der Waals surface area contributed by atoms with Gasteiger partial charge >= 0.3 is 6.09 Å². The summed E-state index contributed by atoms with van der Waals surface area (Å²) in [6, 6.07) is 3.96. The summed E-state index contributed by atoms with van der Waals surface area (Å²) in [5.74, 6) is 0.764. The summed E-state index contributed by atoms with van der Waals surface area (Å²) < 4.78 is 5.52. The number of nitrogens with one attached hydrogen (secondary N) is 1. The highest BCUT2D eigenvalue weighted by atomic mass is 16.6. The summed E-state index contributed by atoms with van der Waals surface area (Å²) >= 11 is 0. The van der Waals surface area contributed by atoms with E-state index in [-0.39, 0.29) is 12.1 Å². The zero-order valence-corrected chi connectivity index (χ0v) is 14.7. The van der Waals surface area contributed by atoms with E-state index >= 15 is 0 Å². The van der Waals surface area contributed by atoms with Gasteiger partial charge in [0, 0.05) is 26.3 Å². The molecule has 0 spiro atoms. The molecule has 1 aliphatic heterocycles. The fourth-order valence-electron chi connectivity index (χ4n) is 3.00. The first-order valence-electron chi connectivity index (χ1n) is 8.35. The molecule has 0 radical (unpaired) electrons. The van der Waals surface area contributed by atoms with Crippen LogP contribution in [-0.4, -0.2) is 57.7 Å². The maximum Gasteiger partial charge on any atom is 0.410 e. The van der Waals surface area contributed by atoms with Gasteiger partial charge in [0.25, 0.3) is 0 Å². The van der Waals surface area contributed by atoms with Gasteiger partial charge in [0.05, 0.1) is 11.6 Å². The summed E-state index contributed by atoms with van der Waals surface area (Å²) in [5, 5.41) is 0. The average Bonchev–Trinajstić information content (AvgIpc) is 3.11. The van der Waals surface area contributed by atoms with Crippen molar-refractivity contribution in [1.29, 1.82) is 0 Å². The van der Waals surface area contributed by atoms with E-state index < -0.39 is 5.60 Å². The van der Waals surface area contributed by atoms with E-state index in [0.717, 1.165) is 30.9 Å². The molecule has 130 valence electrons. The SMILES string of the molecule is CN(CC1CCCN1C(=O)OC(C)(C)C)c1nc2ncccc2[nH]1. The third-order valence-electron chi connectivity index (χ3n) is 4.10. The predicted octanol–water partition coefficient (Wildman–Crippen LogP) is 2.79. The molecule has 3 heterocycles. The van der Waals surface area contributed by atoms with Crippen molar-refractivity contribution >= 4 is 23.2 Å². The normalized spacial score (nSPS) is 18.2. The lowest BCUT2D eigenvalue weighted by molar-refractivity contribution is 0.0231. The average molecular weight is 331 g/mol. The molecule has 2 aromatic heterocycles. The van der Waals surface area contributed by atoms with Crippen molar-refractivity contribution in [1.82, 2.24) is 19.9 Å². The van der Waals surface area contributed by atoms with Crippen LogP contribution in [0.2, 0.25) is 0 Å². The van der Waals surface area contributed by atoms with Crippen LogP contribution >= 0.6 is 0 Å². The number of hydrogen-bond donors (Lipinski definition) is 1. The Morgan fingerprint density at radius 1 is 1.50 bits per heavy atom. The van der Waals surface area contributed by atoms with Gasteiger partial charge in [0.2, 0.25) is 5.95 Å². The van der Waals surface area contributed by atoms with Gasteiger partial charge < -0.3 is 19.5 Å². The van der Waals surface area contributed by atoms with E-state index in [4.69, 9.17) is 4.74 Å². The number of nitrogens with zero attached hydrogens (tertiary/aromatic N) is 4. The van der Waals surface area contributed by atoms with E-state index in [9.17, 15) is 4.79 Å². The van der Waals surface area contributed by atoms with Crippen molar-refractivity contribution in [2.45, 2.75) is 45.3 Å². The highest BCUT2D eigenvalue weighted by Gasteiger charge is 2.33. The first-order chi connectivity index (χ1) is 11.3. The molecular formula is C17H25N5O2. The molecule has 3 rings (SSSR count). The van der Waals surface area contributed by atoms with Gasteiger partial charge in [-0.2, -0.15) is 4.98 Å². The lowest BCUT2D eigenvalue weighted by Gasteiger charge is -2.30. The number of hydrogen-bond acceptors (Lipinski definition) is 5. The summed E-state index contributed by atoms with van der Waals surface area (Å²) in [4.78, 5) is 28.3. The van der Waals surface area contributed by atoms with Crippen LogP contribution in [0.4, 0.5) is 10.7 Å². The molecule has 1 atom stereocenters. The molecule has 1 fully saturated rings.